The highest BCUT2D eigenvalue weighted by Crippen LogP contribution is 2.28. The van der Waals surface area contributed by atoms with Crippen LogP contribution in [0.25, 0.3) is 11.1 Å². The molecule has 0 bridgehead atoms. The van der Waals surface area contributed by atoms with Crippen LogP contribution >= 0.6 is 11.6 Å². The molecule has 2 nitrogen and oxygen atoms in total. The van der Waals surface area contributed by atoms with Crippen LogP contribution in [0.4, 0.5) is 4.39 Å². The standard InChI is InChI=1S/C12H9ClFNO/c13-12-6-15-10(7-16)5-11(12)8-2-1-3-9(14)4-8/h1-6,16H,7H2. The van der Waals surface area contributed by atoms with Gasteiger partial charge in [-0.1, -0.05) is 23.7 Å². The summed E-state index contributed by atoms with van der Waals surface area (Å²) >= 11 is 5.97. The van der Waals surface area contributed by atoms with Crippen LogP contribution in [0.3, 0.4) is 0 Å². The minimum absolute atomic E-state index is 0.167. The third-order valence-electron chi connectivity index (χ3n) is 2.21. The van der Waals surface area contributed by atoms with Gasteiger partial charge < -0.3 is 5.11 Å². The minimum Gasteiger partial charge on any atom is -0.390 e. The average molecular weight is 238 g/mol. The van der Waals surface area contributed by atoms with E-state index in [9.17, 15) is 4.39 Å². The summed E-state index contributed by atoms with van der Waals surface area (Å²) < 4.78 is 13.1. The molecule has 0 atom stereocenters. The van der Waals surface area contributed by atoms with E-state index in [1.54, 1.807) is 18.2 Å². The highest BCUT2D eigenvalue weighted by Gasteiger charge is 2.06. The fourth-order valence-corrected chi connectivity index (χ4v) is 1.66. The number of benzene rings is 1. The van der Waals surface area contributed by atoms with E-state index < -0.39 is 0 Å². The molecule has 0 spiro atoms. The van der Waals surface area contributed by atoms with Crippen molar-refractivity contribution in [3.63, 3.8) is 0 Å². The largest absolute Gasteiger partial charge is 0.390 e. The van der Waals surface area contributed by atoms with Crippen LogP contribution in [0.1, 0.15) is 5.69 Å². The molecule has 0 fully saturated rings. The average Bonchev–Trinajstić information content (AvgIpc) is 2.30. The van der Waals surface area contributed by atoms with Crippen molar-refractivity contribution in [2.24, 2.45) is 0 Å². The minimum atomic E-state index is -0.323. The molecule has 1 aromatic carbocycles. The number of halogens is 2. The number of rotatable bonds is 2. The molecule has 1 heterocycles. The molecular weight excluding hydrogens is 229 g/mol. The van der Waals surface area contributed by atoms with Gasteiger partial charge in [-0.05, 0) is 23.8 Å². The van der Waals surface area contributed by atoms with E-state index >= 15 is 0 Å². The maximum absolute atomic E-state index is 13.1. The molecule has 82 valence electrons. The summed E-state index contributed by atoms with van der Waals surface area (Å²) in [6.07, 6.45) is 1.45. The summed E-state index contributed by atoms with van der Waals surface area (Å²) in [5, 5.41) is 9.41. The van der Waals surface area contributed by atoms with E-state index in [-0.39, 0.29) is 12.4 Å². The first-order valence-corrected chi connectivity index (χ1v) is 5.09. The fourth-order valence-electron chi connectivity index (χ4n) is 1.45. The van der Waals surface area contributed by atoms with E-state index in [0.717, 1.165) is 0 Å². The lowest BCUT2D eigenvalue weighted by molar-refractivity contribution is 0.277. The Morgan fingerprint density at radius 2 is 2.12 bits per heavy atom. The van der Waals surface area contributed by atoms with Crippen LogP contribution in [0.5, 0.6) is 0 Å². The highest BCUT2D eigenvalue weighted by molar-refractivity contribution is 6.33. The zero-order valence-electron chi connectivity index (χ0n) is 8.32. The van der Waals surface area contributed by atoms with Gasteiger partial charge in [-0.25, -0.2) is 4.39 Å². The molecule has 0 saturated carbocycles. The predicted molar refractivity (Wildman–Crippen MR) is 60.6 cm³/mol. The fraction of sp³-hybridized carbons (Fsp3) is 0.0833. The molecule has 0 unspecified atom stereocenters. The van der Waals surface area contributed by atoms with Crippen LogP contribution < -0.4 is 0 Å². The molecule has 0 radical (unpaired) electrons. The first kappa shape index (κ1) is 11.0. The second kappa shape index (κ2) is 4.60. The van der Waals surface area contributed by atoms with Gasteiger partial charge in [0.05, 0.1) is 17.3 Å². The monoisotopic (exact) mass is 237 g/mol. The second-order valence-corrected chi connectivity index (χ2v) is 3.73. The number of aromatic nitrogens is 1. The van der Waals surface area contributed by atoms with Crippen LogP contribution in [0.15, 0.2) is 36.5 Å². The van der Waals surface area contributed by atoms with Gasteiger partial charge in [0.25, 0.3) is 0 Å². The molecule has 4 heteroatoms. The van der Waals surface area contributed by atoms with Gasteiger partial charge in [-0.3, -0.25) is 4.98 Å². The third-order valence-corrected chi connectivity index (χ3v) is 2.51. The quantitative estimate of drug-likeness (QED) is 0.871. The van der Waals surface area contributed by atoms with Gasteiger partial charge in [0.15, 0.2) is 0 Å². The lowest BCUT2D eigenvalue weighted by Gasteiger charge is -2.06. The zero-order chi connectivity index (χ0) is 11.5. The number of aliphatic hydroxyl groups is 1. The van der Waals surface area contributed by atoms with Gasteiger partial charge in [-0.2, -0.15) is 0 Å². The van der Waals surface area contributed by atoms with Gasteiger partial charge in [-0.15, -0.1) is 0 Å². The van der Waals surface area contributed by atoms with Gasteiger partial charge in [0.2, 0.25) is 0 Å². The van der Waals surface area contributed by atoms with Crippen LogP contribution in [-0.4, -0.2) is 10.1 Å². The first-order chi connectivity index (χ1) is 7.70. The highest BCUT2D eigenvalue weighted by atomic mass is 35.5. The van der Waals surface area contributed by atoms with Crippen molar-refractivity contribution in [1.82, 2.24) is 4.98 Å². The zero-order valence-corrected chi connectivity index (χ0v) is 9.08. The maximum atomic E-state index is 13.1. The molecule has 2 rings (SSSR count). The van der Waals surface area contributed by atoms with Crippen molar-refractivity contribution in [3.8, 4) is 11.1 Å². The third kappa shape index (κ3) is 2.21. The predicted octanol–water partition coefficient (Wildman–Crippen LogP) is 3.03. The molecule has 0 amide bonds. The Kier molecular flexibility index (Phi) is 3.17. The van der Waals surface area contributed by atoms with Crippen molar-refractivity contribution < 1.29 is 9.50 Å². The molecule has 0 saturated heterocycles. The lowest BCUT2D eigenvalue weighted by Crippen LogP contribution is -1.91. The van der Waals surface area contributed by atoms with Crippen LogP contribution in [0.2, 0.25) is 5.02 Å². The number of hydrogen-bond donors (Lipinski definition) is 1. The van der Waals surface area contributed by atoms with Crippen molar-refractivity contribution in [3.05, 3.63) is 53.1 Å². The normalized spacial score (nSPS) is 10.4. The summed E-state index contributed by atoms with van der Waals surface area (Å²) in [4.78, 5) is 3.93. The topological polar surface area (TPSA) is 33.1 Å². The molecular formula is C12H9ClFNO. The number of hydrogen-bond acceptors (Lipinski definition) is 2. The number of aliphatic hydroxyl groups excluding tert-OH is 1. The Morgan fingerprint density at radius 3 is 2.81 bits per heavy atom. The van der Waals surface area contributed by atoms with Crippen molar-refractivity contribution in [2.45, 2.75) is 6.61 Å². The van der Waals surface area contributed by atoms with Crippen LogP contribution in [0, 0.1) is 5.82 Å². The van der Waals surface area contributed by atoms with E-state index in [4.69, 9.17) is 16.7 Å². The van der Waals surface area contributed by atoms with Crippen molar-refractivity contribution in [2.75, 3.05) is 0 Å². The molecule has 0 aliphatic rings. The molecule has 16 heavy (non-hydrogen) atoms. The van der Waals surface area contributed by atoms with Crippen molar-refractivity contribution >= 4 is 11.6 Å². The summed E-state index contributed by atoms with van der Waals surface area (Å²) in [5.74, 6) is -0.323. The Morgan fingerprint density at radius 1 is 1.31 bits per heavy atom. The van der Waals surface area contributed by atoms with E-state index in [1.165, 1.54) is 18.3 Å². The summed E-state index contributed by atoms with van der Waals surface area (Å²) in [6.45, 7) is -0.167. The van der Waals surface area contributed by atoms with Crippen LogP contribution in [-0.2, 0) is 6.61 Å². The van der Waals surface area contributed by atoms with E-state index in [0.29, 0.717) is 21.8 Å². The molecule has 0 aliphatic carbocycles. The smallest absolute Gasteiger partial charge is 0.123 e. The summed E-state index contributed by atoms with van der Waals surface area (Å²) in [6, 6.07) is 7.77. The molecule has 1 N–H and O–H groups in total. The molecule has 2 aromatic rings. The van der Waals surface area contributed by atoms with Crippen molar-refractivity contribution in [1.29, 1.82) is 0 Å². The van der Waals surface area contributed by atoms with Gasteiger partial charge in [0, 0.05) is 11.8 Å². The summed E-state index contributed by atoms with van der Waals surface area (Å²) in [5.41, 5.74) is 1.84. The maximum Gasteiger partial charge on any atom is 0.123 e. The van der Waals surface area contributed by atoms with E-state index in [1.807, 2.05) is 0 Å². The lowest BCUT2D eigenvalue weighted by atomic mass is 10.1. The van der Waals surface area contributed by atoms with Gasteiger partial charge in [0.1, 0.15) is 5.82 Å². The van der Waals surface area contributed by atoms with E-state index in [2.05, 4.69) is 4.98 Å². The Hall–Kier alpha value is -1.45. The second-order valence-electron chi connectivity index (χ2n) is 3.32. The van der Waals surface area contributed by atoms with Gasteiger partial charge >= 0.3 is 0 Å². The summed E-state index contributed by atoms with van der Waals surface area (Å²) in [7, 11) is 0. The SMILES string of the molecule is OCc1cc(-c2cccc(F)c2)c(Cl)cn1. The first-order valence-electron chi connectivity index (χ1n) is 4.72. The Labute approximate surface area is 97.3 Å². The molecule has 1 aromatic heterocycles. The molecule has 0 aliphatic heterocycles. The number of nitrogens with zero attached hydrogens (tertiary/aromatic N) is 1. The number of pyridine rings is 1. The Balaban J connectivity index is 2.54. The Bertz CT molecular complexity index is 516.